The van der Waals surface area contributed by atoms with Gasteiger partial charge in [-0.2, -0.15) is 0 Å². The molecule has 1 aliphatic rings. The third kappa shape index (κ3) is 2.79. The molecule has 0 amide bonds. The first-order chi connectivity index (χ1) is 7.77. The van der Waals surface area contributed by atoms with Gasteiger partial charge in [-0.25, -0.2) is 8.78 Å². The molecule has 0 saturated carbocycles. The fraction of sp³-hybridized carbons (Fsp3) is 0.538. The highest BCUT2D eigenvalue weighted by Gasteiger charge is 2.15. The van der Waals surface area contributed by atoms with Crippen molar-refractivity contribution in [2.24, 2.45) is 5.92 Å². The predicted molar refractivity (Wildman–Crippen MR) is 60.3 cm³/mol. The summed E-state index contributed by atoms with van der Waals surface area (Å²) in [5.74, 6) is -0.921. The molecule has 1 saturated heterocycles. The monoisotopic (exact) mass is 225 g/mol. The van der Waals surface area contributed by atoms with E-state index in [0.717, 1.165) is 32.4 Å². The van der Waals surface area contributed by atoms with Crippen LogP contribution in [0.4, 0.5) is 8.78 Å². The second-order valence-electron chi connectivity index (χ2n) is 4.46. The molecule has 1 aliphatic heterocycles. The number of nitrogens with one attached hydrogen (secondary N) is 1. The van der Waals surface area contributed by atoms with Gasteiger partial charge in [0.25, 0.3) is 0 Å². The van der Waals surface area contributed by atoms with Gasteiger partial charge in [0, 0.05) is 0 Å². The number of hydrogen-bond donors (Lipinski definition) is 1. The van der Waals surface area contributed by atoms with E-state index in [4.69, 9.17) is 0 Å². The zero-order chi connectivity index (χ0) is 11.4. The number of halogens is 2. The summed E-state index contributed by atoms with van der Waals surface area (Å²) in [5.41, 5.74) is 0.520. The minimum Gasteiger partial charge on any atom is -0.317 e. The molecule has 88 valence electrons. The quantitative estimate of drug-likeness (QED) is 0.816. The predicted octanol–water partition coefficient (Wildman–Crippen LogP) is 2.90. The Morgan fingerprint density at radius 3 is 2.94 bits per heavy atom. The van der Waals surface area contributed by atoms with Crippen LogP contribution in [0.5, 0.6) is 0 Å². The van der Waals surface area contributed by atoms with E-state index in [-0.39, 0.29) is 0 Å². The average Bonchev–Trinajstić information content (AvgIpc) is 2.53. The fourth-order valence-electron chi connectivity index (χ4n) is 2.31. The summed E-state index contributed by atoms with van der Waals surface area (Å²) in [4.78, 5) is 0. The minimum atomic E-state index is -0.732. The summed E-state index contributed by atoms with van der Waals surface area (Å²) in [7, 11) is 0. The van der Waals surface area contributed by atoms with Gasteiger partial charge in [-0.3, -0.25) is 0 Å². The van der Waals surface area contributed by atoms with Crippen molar-refractivity contribution in [1.82, 2.24) is 5.32 Å². The molecule has 0 spiro atoms. The summed E-state index contributed by atoms with van der Waals surface area (Å²) >= 11 is 0. The topological polar surface area (TPSA) is 12.0 Å². The summed E-state index contributed by atoms with van der Waals surface area (Å²) in [5, 5.41) is 3.32. The lowest BCUT2D eigenvalue weighted by Crippen LogP contribution is -2.14. The zero-order valence-electron chi connectivity index (χ0n) is 9.31. The van der Waals surface area contributed by atoms with Crippen molar-refractivity contribution in [3.05, 3.63) is 35.4 Å². The van der Waals surface area contributed by atoms with Gasteiger partial charge in [0.2, 0.25) is 0 Å². The Morgan fingerprint density at radius 2 is 2.06 bits per heavy atom. The largest absolute Gasteiger partial charge is 0.317 e. The lowest BCUT2D eigenvalue weighted by molar-refractivity contribution is 0.444. The van der Waals surface area contributed by atoms with E-state index in [1.54, 1.807) is 12.1 Å². The normalized spacial score (nSPS) is 21.8. The molecule has 2 rings (SSSR count). The maximum Gasteiger partial charge on any atom is 0.162 e. The summed E-state index contributed by atoms with van der Waals surface area (Å²) < 4.78 is 26.5. The van der Waals surface area contributed by atoms with Gasteiger partial charge in [0.05, 0.1) is 0 Å². The number of rotatable bonds is 2. The van der Waals surface area contributed by atoms with Gasteiger partial charge in [-0.15, -0.1) is 0 Å². The van der Waals surface area contributed by atoms with Crippen molar-refractivity contribution in [3.8, 4) is 0 Å². The van der Waals surface area contributed by atoms with Crippen LogP contribution in [0.3, 0.4) is 0 Å². The Kier molecular flexibility index (Phi) is 3.88. The van der Waals surface area contributed by atoms with Gasteiger partial charge in [-0.1, -0.05) is 12.1 Å². The third-order valence-corrected chi connectivity index (χ3v) is 3.24. The molecule has 0 aromatic heterocycles. The molecule has 0 bridgehead atoms. The van der Waals surface area contributed by atoms with Crippen molar-refractivity contribution in [3.63, 3.8) is 0 Å². The highest BCUT2D eigenvalue weighted by molar-refractivity contribution is 5.19. The highest BCUT2D eigenvalue weighted by Crippen LogP contribution is 2.21. The van der Waals surface area contributed by atoms with Crippen LogP contribution < -0.4 is 5.32 Å². The van der Waals surface area contributed by atoms with Crippen molar-refractivity contribution >= 4 is 0 Å². The minimum absolute atomic E-state index is 0.478. The van der Waals surface area contributed by atoms with Gasteiger partial charge in [0.15, 0.2) is 11.6 Å². The van der Waals surface area contributed by atoms with Crippen LogP contribution >= 0.6 is 0 Å². The fourth-order valence-corrected chi connectivity index (χ4v) is 2.31. The first kappa shape index (κ1) is 11.5. The molecule has 1 N–H and O–H groups in total. The lowest BCUT2D eigenvalue weighted by Gasteiger charge is -2.14. The van der Waals surface area contributed by atoms with Gasteiger partial charge >= 0.3 is 0 Å². The van der Waals surface area contributed by atoms with Crippen LogP contribution in [-0.4, -0.2) is 13.1 Å². The standard InChI is InChI=1S/C13H17F2N/c14-12-5-1-4-11(13(12)15)9-10-3-2-7-16-8-6-10/h1,4-5,10,16H,2-3,6-9H2. The molecular weight excluding hydrogens is 208 g/mol. The van der Waals surface area contributed by atoms with Crippen LogP contribution in [-0.2, 0) is 6.42 Å². The maximum absolute atomic E-state index is 13.5. The molecule has 1 unspecified atom stereocenters. The smallest absolute Gasteiger partial charge is 0.162 e. The Hall–Kier alpha value is -0.960. The van der Waals surface area contributed by atoms with Gasteiger partial charge in [0.1, 0.15) is 0 Å². The second kappa shape index (κ2) is 5.39. The average molecular weight is 225 g/mol. The van der Waals surface area contributed by atoms with Crippen LogP contribution in [0.15, 0.2) is 18.2 Å². The van der Waals surface area contributed by atoms with E-state index in [0.29, 0.717) is 17.9 Å². The lowest BCUT2D eigenvalue weighted by atomic mass is 9.92. The Morgan fingerprint density at radius 1 is 1.19 bits per heavy atom. The Bertz CT molecular complexity index is 344. The maximum atomic E-state index is 13.5. The van der Waals surface area contributed by atoms with E-state index in [9.17, 15) is 8.78 Å². The van der Waals surface area contributed by atoms with Gasteiger partial charge in [-0.05, 0) is 56.3 Å². The molecular formula is C13H17F2N. The molecule has 1 aromatic carbocycles. The van der Waals surface area contributed by atoms with Crippen LogP contribution in [0, 0.1) is 17.6 Å². The van der Waals surface area contributed by atoms with Crippen molar-refractivity contribution in [1.29, 1.82) is 0 Å². The summed E-state index contributed by atoms with van der Waals surface area (Å²) in [6, 6.07) is 4.45. The Labute approximate surface area is 94.9 Å². The van der Waals surface area contributed by atoms with E-state index in [1.165, 1.54) is 6.07 Å². The summed E-state index contributed by atoms with van der Waals surface area (Å²) in [6.07, 6.45) is 3.94. The number of hydrogen-bond acceptors (Lipinski definition) is 1. The first-order valence-corrected chi connectivity index (χ1v) is 5.91. The third-order valence-electron chi connectivity index (χ3n) is 3.24. The van der Waals surface area contributed by atoms with E-state index < -0.39 is 11.6 Å². The Balaban J connectivity index is 2.04. The van der Waals surface area contributed by atoms with Crippen LogP contribution in [0.25, 0.3) is 0 Å². The summed E-state index contributed by atoms with van der Waals surface area (Å²) in [6.45, 7) is 2.03. The molecule has 1 aromatic rings. The van der Waals surface area contributed by atoms with E-state index >= 15 is 0 Å². The van der Waals surface area contributed by atoms with E-state index in [1.807, 2.05) is 0 Å². The molecule has 1 heterocycles. The van der Waals surface area contributed by atoms with Crippen molar-refractivity contribution in [2.45, 2.75) is 25.7 Å². The van der Waals surface area contributed by atoms with Crippen LogP contribution in [0.1, 0.15) is 24.8 Å². The van der Waals surface area contributed by atoms with E-state index in [2.05, 4.69) is 5.32 Å². The zero-order valence-corrected chi connectivity index (χ0v) is 9.31. The number of benzene rings is 1. The molecule has 3 heteroatoms. The molecule has 16 heavy (non-hydrogen) atoms. The SMILES string of the molecule is Fc1cccc(CC2CCCNCC2)c1F. The molecule has 1 fully saturated rings. The molecule has 1 nitrogen and oxygen atoms in total. The first-order valence-electron chi connectivity index (χ1n) is 5.91. The van der Waals surface area contributed by atoms with Crippen molar-refractivity contribution in [2.75, 3.05) is 13.1 Å². The second-order valence-corrected chi connectivity index (χ2v) is 4.46. The molecule has 0 aliphatic carbocycles. The van der Waals surface area contributed by atoms with Crippen molar-refractivity contribution < 1.29 is 8.78 Å². The molecule has 1 atom stereocenters. The van der Waals surface area contributed by atoms with Gasteiger partial charge < -0.3 is 5.32 Å². The highest BCUT2D eigenvalue weighted by atomic mass is 19.2. The molecule has 0 radical (unpaired) electrons. The van der Waals surface area contributed by atoms with Crippen LogP contribution in [0.2, 0.25) is 0 Å².